The molecule has 0 atom stereocenters. The molecule has 1 fully saturated rings. The molecule has 6 heteroatoms. The Morgan fingerprint density at radius 3 is 2.84 bits per heavy atom. The summed E-state index contributed by atoms with van der Waals surface area (Å²) in [4.78, 5) is 18.9. The van der Waals surface area contributed by atoms with Crippen LogP contribution in [0.5, 0.6) is 0 Å². The maximum atomic E-state index is 12.5. The third-order valence-electron chi connectivity index (χ3n) is 4.31. The molecule has 2 amide bonds. The molecule has 1 aliphatic rings. The van der Waals surface area contributed by atoms with E-state index in [2.05, 4.69) is 14.9 Å². The number of imidazole rings is 1. The molecule has 2 aromatic rings. The summed E-state index contributed by atoms with van der Waals surface area (Å²) in [6.07, 6.45) is 6.13. The third kappa shape index (κ3) is 4.98. The highest BCUT2D eigenvalue weighted by Gasteiger charge is 2.27. The number of nitrogens with one attached hydrogen (secondary N) is 1. The van der Waals surface area contributed by atoms with Crippen LogP contribution in [0.4, 0.5) is 4.79 Å². The number of urea groups is 1. The van der Waals surface area contributed by atoms with Crippen molar-refractivity contribution in [2.75, 3.05) is 6.54 Å². The molecule has 0 radical (unpaired) electrons. The quantitative estimate of drug-likeness (QED) is 0.813. The molecular weight excluding hydrogens is 336 g/mol. The fourth-order valence-corrected chi connectivity index (χ4v) is 2.98. The van der Waals surface area contributed by atoms with Gasteiger partial charge in [-0.3, -0.25) is 0 Å². The number of carbonyl (C=O) groups excluding carboxylic acids is 1. The summed E-state index contributed by atoms with van der Waals surface area (Å²) in [5.74, 6) is 1.50. The molecule has 0 aliphatic heterocycles. The van der Waals surface area contributed by atoms with Crippen molar-refractivity contribution in [3.8, 4) is 0 Å². The fraction of sp³-hybridized carbons (Fsp3) is 0.474. The van der Waals surface area contributed by atoms with E-state index < -0.39 is 0 Å². The van der Waals surface area contributed by atoms with E-state index in [9.17, 15) is 4.79 Å². The highest BCUT2D eigenvalue weighted by Crippen LogP contribution is 2.30. The van der Waals surface area contributed by atoms with Crippen molar-refractivity contribution < 1.29 is 4.79 Å². The van der Waals surface area contributed by atoms with Crippen LogP contribution in [0.25, 0.3) is 0 Å². The van der Waals surface area contributed by atoms with Crippen molar-refractivity contribution in [2.24, 2.45) is 5.92 Å². The minimum atomic E-state index is -0.0193. The minimum absolute atomic E-state index is 0.0193. The van der Waals surface area contributed by atoms with Crippen molar-refractivity contribution in [3.63, 3.8) is 0 Å². The summed E-state index contributed by atoms with van der Waals surface area (Å²) >= 11 is 6.28. The van der Waals surface area contributed by atoms with Gasteiger partial charge in [-0.1, -0.05) is 29.8 Å². The number of hydrogen-bond acceptors (Lipinski definition) is 2. The van der Waals surface area contributed by atoms with Gasteiger partial charge in [-0.05, 0) is 44.2 Å². The number of carbonyl (C=O) groups is 1. The summed E-state index contributed by atoms with van der Waals surface area (Å²) < 4.78 is 2.06. The number of rotatable bonds is 7. The second-order valence-electron chi connectivity index (χ2n) is 6.99. The SMILES string of the molecule is CC(C)NC(=O)N(Cc1nccn1Cc1ccccc1Cl)CC1CC1. The zero-order valence-electron chi connectivity index (χ0n) is 14.8. The molecule has 0 spiro atoms. The lowest BCUT2D eigenvalue weighted by atomic mass is 10.2. The first-order valence-corrected chi connectivity index (χ1v) is 9.19. The lowest BCUT2D eigenvalue weighted by molar-refractivity contribution is 0.187. The van der Waals surface area contributed by atoms with Crippen molar-refractivity contribution in [2.45, 2.75) is 45.8 Å². The van der Waals surface area contributed by atoms with Gasteiger partial charge in [0.15, 0.2) is 0 Å². The molecular formula is C19H25ClN4O. The monoisotopic (exact) mass is 360 g/mol. The normalized spacial score (nSPS) is 13.9. The minimum Gasteiger partial charge on any atom is -0.336 e. The molecule has 25 heavy (non-hydrogen) atoms. The first kappa shape index (κ1) is 17.8. The highest BCUT2D eigenvalue weighted by molar-refractivity contribution is 6.31. The van der Waals surface area contributed by atoms with E-state index >= 15 is 0 Å². The molecule has 1 aromatic heterocycles. The van der Waals surface area contributed by atoms with E-state index in [1.807, 2.05) is 49.2 Å². The van der Waals surface area contributed by atoms with Gasteiger partial charge in [0.2, 0.25) is 0 Å². The summed E-state index contributed by atoms with van der Waals surface area (Å²) in [6.45, 7) is 5.90. The van der Waals surface area contributed by atoms with E-state index in [4.69, 9.17) is 11.6 Å². The van der Waals surface area contributed by atoms with Crippen LogP contribution in [0.3, 0.4) is 0 Å². The Morgan fingerprint density at radius 2 is 2.16 bits per heavy atom. The first-order chi connectivity index (χ1) is 12.0. The number of benzene rings is 1. The Kier molecular flexibility index (Phi) is 5.63. The van der Waals surface area contributed by atoms with Gasteiger partial charge in [0, 0.05) is 30.0 Å². The molecule has 1 aromatic carbocycles. The van der Waals surface area contributed by atoms with Crippen molar-refractivity contribution in [1.29, 1.82) is 0 Å². The molecule has 0 unspecified atom stereocenters. The number of hydrogen-bond donors (Lipinski definition) is 1. The van der Waals surface area contributed by atoms with Crippen LogP contribution in [0.1, 0.15) is 38.1 Å². The zero-order valence-corrected chi connectivity index (χ0v) is 15.5. The van der Waals surface area contributed by atoms with Gasteiger partial charge in [-0.2, -0.15) is 0 Å². The Balaban J connectivity index is 1.73. The average Bonchev–Trinajstić information content (AvgIpc) is 3.27. The summed E-state index contributed by atoms with van der Waals surface area (Å²) in [5, 5.41) is 3.74. The molecule has 0 saturated heterocycles. The molecule has 134 valence electrons. The Morgan fingerprint density at radius 1 is 1.40 bits per heavy atom. The van der Waals surface area contributed by atoms with E-state index in [0.29, 0.717) is 19.0 Å². The van der Waals surface area contributed by atoms with Crippen LogP contribution >= 0.6 is 11.6 Å². The van der Waals surface area contributed by atoms with Crippen LogP contribution in [-0.2, 0) is 13.1 Å². The summed E-state index contributed by atoms with van der Waals surface area (Å²) in [7, 11) is 0. The smallest absolute Gasteiger partial charge is 0.318 e. The molecule has 1 saturated carbocycles. The predicted molar refractivity (Wildman–Crippen MR) is 99.6 cm³/mol. The van der Waals surface area contributed by atoms with E-state index in [0.717, 1.165) is 23.0 Å². The molecule has 3 rings (SSSR count). The van der Waals surface area contributed by atoms with Gasteiger partial charge in [-0.25, -0.2) is 9.78 Å². The Hall–Kier alpha value is -2.01. The number of halogens is 1. The lowest BCUT2D eigenvalue weighted by Gasteiger charge is -2.24. The van der Waals surface area contributed by atoms with Gasteiger partial charge in [-0.15, -0.1) is 0 Å². The second kappa shape index (κ2) is 7.91. The van der Waals surface area contributed by atoms with Crippen LogP contribution < -0.4 is 5.32 Å². The van der Waals surface area contributed by atoms with Gasteiger partial charge >= 0.3 is 6.03 Å². The fourth-order valence-electron chi connectivity index (χ4n) is 2.79. The van der Waals surface area contributed by atoms with E-state index in [1.165, 1.54) is 12.8 Å². The topological polar surface area (TPSA) is 50.2 Å². The number of nitrogens with zero attached hydrogens (tertiary/aromatic N) is 3. The second-order valence-corrected chi connectivity index (χ2v) is 7.40. The first-order valence-electron chi connectivity index (χ1n) is 8.81. The summed E-state index contributed by atoms with van der Waals surface area (Å²) in [5.41, 5.74) is 1.05. The van der Waals surface area contributed by atoms with Crippen LogP contribution in [0.15, 0.2) is 36.7 Å². The van der Waals surface area contributed by atoms with Crippen molar-refractivity contribution >= 4 is 17.6 Å². The zero-order chi connectivity index (χ0) is 17.8. The lowest BCUT2D eigenvalue weighted by Crippen LogP contribution is -2.43. The van der Waals surface area contributed by atoms with Gasteiger partial charge in [0.05, 0.1) is 13.1 Å². The van der Waals surface area contributed by atoms with Gasteiger partial charge in [0.1, 0.15) is 5.82 Å². The predicted octanol–water partition coefficient (Wildman–Crippen LogP) is 3.91. The molecule has 0 bridgehead atoms. The average molecular weight is 361 g/mol. The molecule has 1 heterocycles. The molecule has 1 aliphatic carbocycles. The largest absolute Gasteiger partial charge is 0.336 e. The van der Waals surface area contributed by atoms with Crippen molar-refractivity contribution in [3.05, 3.63) is 53.1 Å². The van der Waals surface area contributed by atoms with Crippen LogP contribution in [0.2, 0.25) is 5.02 Å². The summed E-state index contributed by atoms with van der Waals surface area (Å²) in [6, 6.07) is 7.91. The third-order valence-corrected chi connectivity index (χ3v) is 4.68. The maximum Gasteiger partial charge on any atom is 0.318 e. The van der Waals surface area contributed by atoms with E-state index in [-0.39, 0.29) is 12.1 Å². The molecule has 5 nitrogen and oxygen atoms in total. The Bertz CT molecular complexity index is 724. The Labute approximate surface area is 154 Å². The number of aromatic nitrogens is 2. The van der Waals surface area contributed by atoms with E-state index in [1.54, 1.807) is 6.20 Å². The number of amides is 2. The standard InChI is InChI=1S/C19H25ClN4O/c1-14(2)22-19(25)24(11-15-7-8-15)13-18-21-9-10-23(18)12-16-5-3-4-6-17(16)20/h3-6,9-10,14-15H,7-8,11-13H2,1-2H3,(H,22,25). The molecule has 1 N–H and O–H groups in total. The van der Waals surface area contributed by atoms with Crippen molar-refractivity contribution in [1.82, 2.24) is 19.8 Å². The van der Waals surface area contributed by atoms with Gasteiger partial charge in [0.25, 0.3) is 0 Å². The van der Waals surface area contributed by atoms with Gasteiger partial charge < -0.3 is 14.8 Å². The van der Waals surface area contributed by atoms with Crippen LogP contribution in [0, 0.1) is 5.92 Å². The van der Waals surface area contributed by atoms with Crippen LogP contribution in [-0.4, -0.2) is 33.1 Å². The maximum absolute atomic E-state index is 12.5. The highest BCUT2D eigenvalue weighted by atomic mass is 35.5.